The smallest absolute Gasteiger partial charge is 0.236 e. The van der Waals surface area contributed by atoms with Crippen LogP contribution in [0.1, 0.15) is 0 Å². The molecule has 0 aliphatic carbocycles. The summed E-state index contributed by atoms with van der Waals surface area (Å²) in [6.07, 6.45) is 2.12. The van der Waals surface area contributed by atoms with Gasteiger partial charge in [0, 0.05) is 24.4 Å². The van der Waals surface area contributed by atoms with Gasteiger partial charge in [-0.3, -0.25) is 4.79 Å². The number of amides is 1. The average Bonchev–Trinajstić information content (AvgIpc) is 2.61. The molecule has 1 fully saturated rings. The van der Waals surface area contributed by atoms with E-state index in [1.165, 1.54) is 0 Å². The maximum absolute atomic E-state index is 11.7. The molecule has 1 amide bonds. The van der Waals surface area contributed by atoms with Crippen molar-refractivity contribution in [3.63, 3.8) is 0 Å². The van der Waals surface area contributed by atoms with Crippen molar-refractivity contribution < 1.29 is 4.79 Å². The first-order chi connectivity index (χ1) is 7.10. The third-order valence-electron chi connectivity index (χ3n) is 2.88. The van der Waals surface area contributed by atoms with Gasteiger partial charge in [0.05, 0.1) is 6.54 Å². The zero-order valence-corrected chi connectivity index (χ0v) is 12.0. The van der Waals surface area contributed by atoms with Crippen molar-refractivity contribution in [3.05, 3.63) is 0 Å². The molecule has 0 radical (unpaired) electrons. The van der Waals surface area contributed by atoms with Crippen LogP contribution in [0.2, 0.25) is 0 Å². The highest BCUT2D eigenvalue weighted by Gasteiger charge is 2.35. The number of halogens is 1. The van der Waals surface area contributed by atoms with Crippen molar-refractivity contribution in [3.8, 4) is 0 Å². The zero-order chi connectivity index (χ0) is 11.4. The molecule has 1 heterocycles. The molecule has 4 nitrogen and oxygen atoms in total. The second-order valence-electron chi connectivity index (χ2n) is 4.13. The summed E-state index contributed by atoms with van der Waals surface area (Å²) in [5.41, 5.74) is 0. The van der Waals surface area contributed by atoms with Gasteiger partial charge in [0.15, 0.2) is 0 Å². The number of likely N-dealkylation sites (N-methyl/N-ethyl adjacent to an activating group) is 2. The van der Waals surface area contributed by atoms with Gasteiger partial charge in [0.25, 0.3) is 0 Å². The summed E-state index contributed by atoms with van der Waals surface area (Å²) in [4.78, 5) is 15.9. The zero-order valence-electron chi connectivity index (χ0n) is 10.4. The van der Waals surface area contributed by atoms with Gasteiger partial charge in [-0.1, -0.05) is 0 Å². The Kier molecular flexibility index (Phi) is 7.39. The standard InChI is InChI=1S/C10H21N3OS.ClH/c1-11-5-10(14)13-6-8(12(2)3)9(7-13)15-4;/h8-9,11H,5-7H2,1-4H3;1H. The molecule has 16 heavy (non-hydrogen) atoms. The van der Waals surface area contributed by atoms with Gasteiger partial charge in [-0.15, -0.1) is 12.4 Å². The Hall–Kier alpha value is 0.0300. The van der Waals surface area contributed by atoms with E-state index in [1.807, 2.05) is 23.7 Å². The van der Waals surface area contributed by atoms with Crippen LogP contribution in [-0.2, 0) is 4.79 Å². The van der Waals surface area contributed by atoms with Crippen LogP contribution in [0.25, 0.3) is 0 Å². The Morgan fingerprint density at radius 2 is 2.12 bits per heavy atom. The van der Waals surface area contributed by atoms with Crippen LogP contribution in [0.3, 0.4) is 0 Å². The maximum atomic E-state index is 11.7. The van der Waals surface area contributed by atoms with E-state index in [0.29, 0.717) is 17.8 Å². The van der Waals surface area contributed by atoms with Gasteiger partial charge in [-0.25, -0.2) is 0 Å². The molecule has 2 unspecified atom stereocenters. The van der Waals surface area contributed by atoms with Crippen LogP contribution in [0.4, 0.5) is 0 Å². The summed E-state index contributed by atoms with van der Waals surface area (Å²) in [5.74, 6) is 0.209. The number of nitrogens with zero attached hydrogens (tertiary/aromatic N) is 2. The third kappa shape index (κ3) is 3.80. The minimum Gasteiger partial charge on any atom is -0.339 e. The normalized spacial score (nSPS) is 24.7. The molecule has 0 bridgehead atoms. The minimum atomic E-state index is 0. The second-order valence-corrected chi connectivity index (χ2v) is 5.21. The van der Waals surface area contributed by atoms with Crippen molar-refractivity contribution in [1.82, 2.24) is 15.1 Å². The quantitative estimate of drug-likeness (QED) is 0.786. The molecule has 0 aromatic rings. The SMILES string of the molecule is CNCC(=O)N1CC(SC)C(N(C)C)C1.Cl. The number of thioether (sulfide) groups is 1. The lowest BCUT2D eigenvalue weighted by Gasteiger charge is -2.23. The third-order valence-corrected chi connectivity index (χ3v) is 3.95. The highest BCUT2D eigenvalue weighted by Crippen LogP contribution is 2.23. The minimum absolute atomic E-state index is 0. The average molecular weight is 268 g/mol. The van der Waals surface area contributed by atoms with E-state index in [9.17, 15) is 4.79 Å². The summed E-state index contributed by atoms with van der Waals surface area (Å²) >= 11 is 1.85. The first-order valence-electron chi connectivity index (χ1n) is 5.21. The highest BCUT2D eigenvalue weighted by molar-refractivity contribution is 7.99. The van der Waals surface area contributed by atoms with Gasteiger partial charge in [-0.05, 0) is 27.4 Å². The molecule has 6 heteroatoms. The van der Waals surface area contributed by atoms with Gasteiger partial charge in [0.1, 0.15) is 0 Å². The number of carbonyl (C=O) groups excluding carboxylic acids is 1. The summed E-state index contributed by atoms with van der Waals surface area (Å²) < 4.78 is 0. The van der Waals surface area contributed by atoms with Crippen LogP contribution in [0, 0.1) is 0 Å². The first kappa shape index (κ1) is 16.0. The fraction of sp³-hybridized carbons (Fsp3) is 0.900. The molecule has 1 aliphatic rings. The fourth-order valence-electron chi connectivity index (χ4n) is 1.95. The van der Waals surface area contributed by atoms with Gasteiger partial charge < -0.3 is 15.1 Å². The van der Waals surface area contributed by atoms with Crippen LogP contribution < -0.4 is 5.32 Å². The summed E-state index contributed by atoms with van der Waals surface area (Å²) in [6.45, 7) is 2.19. The lowest BCUT2D eigenvalue weighted by molar-refractivity contribution is -0.129. The number of hydrogen-bond donors (Lipinski definition) is 1. The molecule has 1 rings (SSSR count). The molecular formula is C10H22ClN3OS. The molecule has 1 saturated heterocycles. The van der Waals surface area contributed by atoms with Crippen LogP contribution in [0.15, 0.2) is 0 Å². The number of rotatable bonds is 4. The van der Waals surface area contributed by atoms with Crippen molar-refractivity contribution in [2.45, 2.75) is 11.3 Å². The Morgan fingerprint density at radius 1 is 1.50 bits per heavy atom. The van der Waals surface area contributed by atoms with Crippen molar-refractivity contribution in [1.29, 1.82) is 0 Å². The number of nitrogens with one attached hydrogen (secondary N) is 1. The van der Waals surface area contributed by atoms with E-state index in [-0.39, 0.29) is 18.3 Å². The second kappa shape index (κ2) is 7.37. The summed E-state index contributed by atoms with van der Waals surface area (Å²) in [6, 6.07) is 0.487. The lowest BCUT2D eigenvalue weighted by atomic mass is 10.2. The molecule has 0 aromatic carbocycles. The van der Waals surface area contributed by atoms with Crippen molar-refractivity contribution in [2.24, 2.45) is 0 Å². The van der Waals surface area contributed by atoms with Crippen LogP contribution in [0.5, 0.6) is 0 Å². The predicted molar refractivity (Wildman–Crippen MR) is 72.5 cm³/mol. The molecule has 0 aromatic heterocycles. The number of likely N-dealkylation sites (tertiary alicyclic amines) is 1. The van der Waals surface area contributed by atoms with E-state index in [2.05, 4.69) is 30.6 Å². The Bertz CT molecular complexity index is 228. The number of carbonyl (C=O) groups is 1. The fourth-order valence-corrected chi connectivity index (χ4v) is 2.92. The van der Waals surface area contributed by atoms with E-state index in [0.717, 1.165) is 13.1 Å². The molecule has 1 N–H and O–H groups in total. The maximum Gasteiger partial charge on any atom is 0.236 e. The van der Waals surface area contributed by atoms with E-state index in [1.54, 1.807) is 0 Å². The summed E-state index contributed by atoms with van der Waals surface area (Å²) in [7, 11) is 5.98. The van der Waals surface area contributed by atoms with Crippen molar-refractivity contribution >= 4 is 30.1 Å². The Balaban J connectivity index is 0.00000225. The molecule has 2 atom stereocenters. The Labute approximate surface area is 109 Å². The largest absolute Gasteiger partial charge is 0.339 e. The topological polar surface area (TPSA) is 35.6 Å². The summed E-state index contributed by atoms with van der Waals surface area (Å²) in [5, 5.41) is 3.45. The van der Waals surface area contributed by atoms with Crippen molar-refractivity contribution in [2.75, 3.05) is 47.0 Å². The van der Waals surface area contributed by atoms with Gasteiger partial charge in [-0.2, -0.15) is 11.8 Å². The number of hydrogen-bond acceptors (Lipinski definition) is 4. The monoisotopic (exact) mass is 267 g/mol. The molecule has 96 valence electrons. The Morgan fingerprint density at radius 3 is 2.50 bits per heavy atom. The molecule has 1 aliphatic heterocycles. The molecule has 0 spiro atoms. The van der Waals surface area contributed by atoms with Crippen LogP contribution >= 0.6 is 24.2 Å². The van der Waals surface area contributed by atoms with Gasteiger partial charge >= 0.3 is 0 Å². The van der Waals surface area contributed by atoms with E-state index >= 15 is 0 Å². The molecular weight excluding hydrogens is 246 g/mol. The lowest BCUT2D eigenvalue weighted by Crippen LogP contribution is -2.39. The van der Waals surface area contributed by atoms with Gasteiger partial charge in [0.2, 0.25) is 5.91 Å². The van der Waals surface area contributed by atoms with E-state index in [4.69, 9.17) is 0 Å². The first-order valence-corrected chi connectivity index (χ1v) is 6.50. The predicted octanol–water partition coefficient (Wildman–Crippen LogP) is 0.132. The van der Waals surface area contributed by atoms with Crippen LogP contribution in [-0.4, -0.2) is 74.0 Å². The highest BCUT2D eigenvalue weighted by atomic mass is 35.5. The van der Waals surface area contributed by atoms with E-state index < -0.39 is 0 Å². The molecule has 0 saturated carbocycles.